The minimum Gasteiger partial charge on any atom is -0.465 e. The molecule has 0 N–H and O–H groups in total. The topological polar surface area (TPSA) is 473 Å². The molecular weight excluding hydrogens is 1470 g/mol. The van der Waals surface area contributed by atoms with Crippen LogP contribution in [0.15, 0.2) is 133 Å². The van der Waals surface area contributed by atoms with Crippen LogP contribution in [0, 0.1) is 105 Å². The van der Waals surface area contributed by atoms with E-state index in [1.54, 1.807) is 74.4 Å². The molecule has 0 fully saturated rings. The van der Waals surface area contributed by atoms with Gasteiger partial charge >= 0.3 is 11.9 Å². The third-order valence-corrected chi connectivity index (χ3v) is 27.0. The van der Waals surface area contributed by atoms with Crippen LogP contribution >= 0.6 is 0 Å². The molecule has 0 saturated carbocycles. The molecule has 1 unspecified atom stereocenters. The maximum atomic E-state index is 13.3. The van der Waals surface area contributed by atoms with E-state index < -0.39 is 132 Å². The van der Waals surface area contributed by atoms with Gasteiger partial charge in [-0.3, -0.25) is 60.2 Å². The van der Waals surface area contributed by atoms with E-state index in [4.69, 9.17) is 4.74 Å². The molecule has 0 amide bonds. The second-order valence-corrected chi connectivity index (χ2v) is 37.9. The average molecular weight is 1550 g/mol. The van der Waals surface area contributed by atoms with Gasteiger partial charge in [-0.2, -0.15) is 0 Å². The van der Waals surface area contributed by atoms with Crippen LogP contribution in [0.1, 0.15) is 115 Å². The smallest absolute Gasteiger partial charge is 0.327 e. The monoisotopic (exact) mass is 1550 g/mol. The zero-order chi connectivity index (χ0) is 79.7. The summed E-state index contributed by atoms with van der Waals surface area (Å²) in [7, 11) is -22.0. The van der Waals surface area contributed by atoms with Gasteiger partial charge in [0.25, 0.3) is 28.4 Å². The van der Waals surface area contributed by atoms with Gasteiger partial charge in [-0.25, -0.2) is 54.9 Å². The Morgan fingerprint density at radius 2 is 0.775 bits per heavy atom. The molecule has 38 heteroatoms. The number of nitro benzene ring substituents is 5. The summed E-state index contributed by atoms with van der Waals surface area (Å²) in [4.78, 5) is 72.7. The summed E-state index contributed by atoms with van der Waals surface area (Å²) in [6.45, 7) is 27.9. The fraction of sp³-hybridized carbons (Fsp3) is 0.406. The molecule has 0 aromatic heterocycles. The van der Waals surface area contributed by atoms with Crippen LogP contribution in [-0.4, -0.2) is 132 Å². The Balaban J connectivity index is 0.000000615. The highest BCUT2D eigenvalue weighted by molar-refractivity contribution is 7.94. The van der Waals surface area contributed by atoms with Crippen molar-refractivity contribution >= 4 is 99.4 Å². The van der Waals surface area contributed by atoms with Crippen molar-refractivity contribution in [1.82, 2.24) is 0 Å². The van der Waals surface area contributed by atoms with E-state index in [0.717, 1.165) is 59.8 Å². The average Bonchev–Trinajstić information content (AvgIpc) is 0.765. The summed E-state index contributed by atoms with van der Waals surface area (Å²) < 4.78 is 164. The number of nitrogens with zero attached hydrogens (tertiary/aromatic N) is 5. The Morgan fingerprint density at radius 1 is 0.431 bits per heavy atom. The second-order valence-electron chi connectivity index (χ2n) is 23.7. The quantitative estimate of drug-likeness (QED) is 0.0389. The zero-order valence-corrected chi connectivity index (χ0v) is 64.1. The molecule has 0 bridgehead atoms. The van der Waals surface area contributed by atoms with Gasteiger partial charge in [0.2, 0.25) is 0 Å². The summed E-state index contributed by atoms with van der Waals surface area (Å²) in [5.74, 6) is -2.74. The number of halogens is 1. The SMILES string of the molecule is CC(C)S(=O)(=O)c1cc([N+](=O)[O-])ccc1F.CCOC(=O)C(C)(C)S(=O)(=O)c1cc([N+](=O)[O-])ccc1C.CCOC(=O)C(C)S(=O)(=O)c1cc([N+](=O)[O-])ccc1C.Cc1cc(C)cc(S(=O)(=O)C(C)C)c1.Cc1cc(S(C)(=O)=O)cc([N+](=O)[O-])c1C.Cc1ccc([N+](=O)[O-])cc1S(=O)(=O)C(C)C. The van der Waals surface area contributed by atoms with E-state index in [1.165, 1.54) is 90.9 Å². The van der Waals surface area contributed by atoms with Gasteiger partial charge in [-0.1, -0.05) is 24.3 Å². The van der Waals surface area contributed by atoms with E-state index in [9.17, 15) is 115 Å². The number of hydrogen-bond donors (Lipinski definition) is 0. The number of carbonyl (C=O) groups excluding carboxylic acids is 2. The molecule has 1 atom stereocenters. The Hall–Kier alpha value is -9.11. The molecule has 562 valence electrons. The van der Waals surface area contributed by atoms with E-state index in [2.05, 4.69) is 4.74 Å². The lowest BCUT2D eigenvalue weighted by molar-refractivity contribution is -0.385. The first-order chi connectivity index (χ1) is 46.4. The first kappa shape index (κ1) is 90.9. The number of benzene rings is 6. The molecule has 6 rings (SSSR count). The lowest BCUT2D eigenvalue weighted by atomic mass is 10.1. The van der Waals surface area contributed by atoms with Crippen LogP contribution in [0.5, 0.6) is 0 Å². The third kappa shape index (κ3) is 23.7. The number of rotatable bonds is 20. The van der Waals surface area contributed by atoms with Crippen molar-refractivity contribution in [1.29, 1.82) is 0 Å². The van der Waals surface area contributed by atoms with Gasteiger partial charge in [0, 0.05) is 66.4 Å². The number of sulfone groups is 6. The van der Waals surface area contributed by atoms with Crippen molar-refractivity contribution in [3.8, 4) is 0 Å². The van der Waals surface area contributed by atoms with E-state index >= 15 is 0 Å². The highest BCUT2D eigenvalue weighted by atomic mass is 32.2. The van der Waals surface area contributed by atoms with Crippen molar-refractivity contribution in [2.24, 2.45) is 0 Å². The standard InChI is InChI=1S/C13H17NO6S.C12H15NO6S.C11H16O2S.C10H13NO4S.C9H10FNO4S.C9H11NO4S/c1-5-20-12(15)13(3,4)21(18,19)11-8-10(14(16)17)7-6-9(11)2;1-4-19-12(14)9(3)20(17,18)11-7-10(13(15)16)6-5-8(11)2;1-8(2)14(12,13)11-6-9(3)5-10(4)7-11;1-7(2)16(14,15)10-6-9(11(12)13)5-4-8(10)3;1-6(2)16(14,15)9-5-7(11(12)13)3-4-8(9)10;1-6-4-8(15(3,13)14)5-9(7(6)2)10(11)12/h6-8H,5H2,1-4H3;5-7,9H,4H2,1-3H3;5-8H,1-4H3;4-7H,1-3H3;3-6H,1-2H3;4-5H,1-3H3. The number of ether oxygens (including phenoxy) is 2. The van der Waals surface area contributed by atoms with Gasteiger partial charge in [0.1, 0.15) is 10.7 Å². The van der Waals surface area contributed by atoms with Crippen molar-refractivity contribution in [3.63, 3.8) is 0 Å². The van der Waals surface area contributed by atoms with Gasteiger partial charge in [0.15, 0.2) is 69.0 Å². The van der Waals surface area contributed by atoms with E-state index in [-0.39, 0.29) is 60.8 Å². The number of aryl methyl sites for hydroxylation is 6. The highest BCUT2D eigenvalue weighted by Gasteiger charge is 2.45. The number of carbonyl (C=O) groups is 2. The first-order valence-corrected chi connectivity index (χ1v) is 39.7. The molecule has 0 aliphatic heterocycles. The molecule has 0 spiro atoms. The fourth-order valence-corrected chi connectivity index (χ4v) is 15.7. The van der Waals surface area contributed by atoms with Crippen LogP contribution in [0.25, 0.3) is 0 Å². The molecule has 0 aliphatic carbocycles. The van der Waals surface area contributed by atoms with Crippen LogP contribution in [0.3, 0.4) is 0 Å². The van der Waals surface area contributed by atoms with E-state index in [0.29, 0.717) is 32.7 Å². The highest BCUT2D eigenvalue weighted by Crippen LogP contribution is 2.33. The summed E-state index contributed by atoms with van der Waals surface area (Å²) >= 11 is 0. The van der Waals surface area contributed by atoms with Crippen LogP contribution in [-0.2, 0) is 78.1 Å². The van der Waals surface area contributed by atoms with E-state index in [1.807, 2.05) is 19.9 Å². The first-order valence-electron chi connectivity index (χ1n) is 30.1. The van der Waals surface area contributed by atoms with Crippen LogP contribution < -0.4 is 0 Å². The largest absolute Gasteiger partial charge is 0.465 e. The lowest BCUT2D eigenvalue weighted by Gasteiger charge is -2.23. The molecule has 0 radical (unpaired) electrons. The predicted octanol–water partition coefficient (Wildman–Crippen LogP) is 11.7. The summed E-state index contributed by atoms with van der Waals surface area (Å²) in [6.07, 6.45) is 1.03. The second kappa shape index (κ2) is 36.7. The molecular formula is C64H82FN5O26S6. The maximum Gasteiger partial charge on any atom is 0.327 e. The molecule has 6 aromatic carbocycles. The Morgan fingerprint density at radius 3 is 1.13 bits per heavy atom. The molecule has 6 aromatic rings. The van der Waals surface area contributed by atoms with Gasteiger partial charge in [0.05, 0.1) is 78.1 Å². The number of esters is 2. The Kier molecular flexibility index (Phi) is 32.7. The number of nitro groups is 5. The lowest BCUT2D eigenvalue weighted by Crippen LogP contribution is -2.42. The van der Waals surface area contributed by atoms with Crippen molar-refractivity contribution in [3.05, 3.63) is 198 Å². The predicted molar refractivity (Wildman–Crippen MR) is 376 cm³/mol. The minimum absolute atomic E-state index is 0.0164. The number of hydrogen-bond acceptors (Lipinski definition) is 26. The molecule has 102 heavy (non-hydrogen) atoms. The summed E-state index contributed by atoms with van der Waals surface area (Å²) in [6, 6.07) is 21.3. The Bertz CT molecular complexity index is 4770. The third-order valence-electron chi connectivity index (χ3n) is 14.6. The molecule has 0 saturated heterocycles. The van der Waals surface area contributed by atoms with Crippen molar-refractivity contribution in [2.75, 3.05) is 19.5 Å². The maximum absolute atomic E-state index is 13.3. The minimum atomic E-state index is -4.13. The van der Waals surface area contributed by atoms with Gasteiger partial charge in [-0.05, 0) is 182 Å². The van der Waals surface area contributed by atoms with Crippen LogP contribution in [0.4, 0.5) is 32.8 Å². The van der Waals surface area contributed by atoms with Gasteiger partial charge < -0.3 is 9.47 Å². The van der Waals surface area contributed by atoms with Gasteiger partial charge in [-0.15, -0.1) is 0 Å². The Labute approximate surface area is 592 Å². The van der Waals surface area contributed by atoms with Crippen molar-refractivity contribution < 1.29 is 98.6 Å². The molecule has 0 aliphatic rings. The zero-order valence-electron chi connectivity index (χ0n) is 59.2. The van der Waals surface area contributed by atoms with Crippen molar-refractivity contribution in [2.45, 2.75) is 180 Å². The number of non-ortho nitro benzene ring substituents is 4. The molecule has 31 nitrogen and oxygen atoms in total. The fourth-order valence-electron chi connectivity index (χ4n) is 8.19. The van der Waals surface area contributed by atoms with Crippen LogP contribution in [0.2, 0.25) is 0 Å². The molecule has 0 heterocycles. The summed E-state index contributed by atoms with van der Waals surface area (Å²) in [5.41, 5.74) is 2.78. The summed E-state index contributed by atoms with van der Waals surface area (Å²) in [5, 5.41) is 50.0. The normalized spacial score (nSPS) is 12.0.